The smallest absolute Gasteiger partial charge is 0.325 e. The molecule has 0 spiro atoms. The van der Waals surface area contributed by atoms with E-state index >= 15 is 0 Å². The van der Waals surface area contributed by atoms with Crippen molar-refractivity contribution in [1.82, 2.24) is 15.1 Å². The minimum absolute atomic E-state index is 0.0105. The minimum Gasteiger partial charge on any atom is -0.342 e. The Kier molecular flexibility index (Phi) is 5.34. The lowest BCUT2D eigenvalue weighted by atomic mass is 9.73. The SMILES string of the molecule is CC1(C)C(C(=O)N2CCC(C3(Cc4ccc(F)cc4)NC(=O)N(CC4CC4)C3=O)CC2)C1(C)C. The molecule has 0 bridgehead atoms. The van der Waals surface area contributed by atoms with Gasteiger partial charge >= 0.3 is 6.03 Å². The van der Waals surface area contributed by atoms with Gasteiger partial charge in [-0.3, -0.25) is 14.5 Å². The van der Waals surface area contributed by atoms with E-state index in [2.05, 4.69) is 33.0 Å². The van der Waals surface area contributed by atoms with Gasteiger partial charge in [0, 0.05) is 32.0 Å². The van der Waals surface area contributed by atoms with Gasteiger partial charge in [0.15, 0.2) is 0 Å². The number of rotatable bonds is 6. The normalized spacial score (nSPS) is 28.9. The van der Waals surface area contributed by atoms with Gasteiger partial charge in [-0.25, -0.2) is 9.18 Å². The van der Waals surface area contributed by atoms with Gasteiger partial charge < -0.3 is 10.2 Å². The summed E-state index contributed by atoms with van der Waals surface area (Å²) >= 11 is 0. The second-order valence-corrected chi connectivity index (χ2v) is 12.0. The topological polar surface area (TPSA) is 69.7 Å². The van der Waals surface area contributed by atoms with Crippen LogP contribution in [0, 0.1) is 34.4 Å². The van der Waals surface area contributed by atoms with Crippen molar-refractivity contribution in [1.29, 1.82) is 0 Å². The number of nitrogens with one attached hydrogen (secondary N) is 1. The molecule has 2 saturated carbocycles. The maximum Gasteiger partial charge on any atom is 0.325 e. The molecule has 0 aromatic heterocycles. The maximum absolute atomic E-state index is 13.8. The summed E-state index contributed by atoms with van der Waals surface area (Å²) < 4.78 is 13.5. The number of hydrogen-bond donors (Lipinski definition) is 1. The first-order chi connectivity index (χ1) is 16.0. The molecule has 34 heavy (non-hydrogen) atoms. The molecule has 4 aliphatic rings. The first kappa shape index (κ1) is 23.3. The van der Waals surface area contributed by atoms with Crippen molar-refractivity contribution in [3.05, 3.63) is 35.6 Å². The van der Waals surface area contributed by atoms with Gasteiger partial charge in [-0.05, 0) is 66.0 Å². The molecule has 7 heteroatoms. The summed E-state index contributed by atoms with van der Waals surface area (Å²) in [5, 5.41) is 3.08. The predicted octanol–water partition coefficient (Wildman–Crippen LogP) is 3.99. The van der Waals surface area contributed by atoms with Gasteiger partial charge in [-0.1, -0.05) is 39.8 Å². The average Bonchev–Trinajstić information content (AvgIpc) is 3.65. The Morgan fingerprint density at radius 2 is 1.59 bits per heavy atom. The minimum atomic E-state index is -1.04. The summed E-state index contributed by atoms with van der Waals surface area (Å²) in [7, 11) is 0. The van der Waals surface area contributed by atoms with E-state index < -0.39 is 5.54 Å². The van der Waals surface area contributed by atoms with Gasteiger partial charge in [0.2, 0.25) is 5.91 Å². The largest absolute Gasteiger partial charge is 0.342 e. The number of amides is 4. The molecular formula is C27H36FN3O3. The zero-order chi connectivity index (χ0) is 24.5. The quantitative estimate of drug-likeness (QED) is 0.641. The zero-order valence-electron chi connectivity index (χ0n) is 20.7. The van der Waals surface area contributed by atoms with Crippen molar-refractivity contribution >= 4 is 17.8 Å². The van der Waals surface area contributed by atoms with Crippen LogP contribution in [0.5, 0.6) is 0 Å². The molecule has 2 saturated heterocycles. The van der Waals surface area contributed by atoms with E-state index in [1.54, 1.807) is 12.1 Å². The van der Waals surface area contributed by atoms with Crippen LogP contribution >= 0.6 is 0 Å². The zero-order valence-corrected chi connectivity index (χ0v) is 20.7. The molecule has 2 aliphatic carbocycles. The highest BCUT2D eigenvalue weighted by atomic mass is 19.1. The molecule has 184 valence electrons. The highest BCUT2D eigenvalue weighted by Gasteiger charge is 2.69. The van der Waals surface area contributed by atoms with Crippen molar-refractivity contribution in [3.63, 3.8) is 0 Å². The number of nitrogens with zero attached hydrogens (tertiary/aromatic N) is 2. The van der Waals surface area contributed by atoms with E-state index in [0.29, 0.717) is 44.8 Å². The molecule has 6 nitrogen and oxygen atoms in total. The third-order valence-electron chi connectivity index (χ3n) is 9.51. The van der Waals surface area contributed by atoms with Crippen molar-refractivity contribution < 1.29 is 18.8 Å². The van der Waals surface area contributed by atoms with Crippen LogP contribution in [0.25, 0.3) is 0 Å². The number of carbonyl (C=O) groups is 3. The fourth-order valence-electron chi connectivity index (χ4n) is 6.42. The number of imide groups is 1. The van der Waals surface area contributed by atoms with Gasteiger partial charge in [-0.15, -0.1) is 0 Å². The number of urea groups is 1. The molecule has 1 unspecified atom stereocenters. The predicted molar refractivity (Wildman–Crippen MR) is 126 cm³/mol. The monoisotopic (exact) mass is 469 g/mol. The molecular weight excluding hydrogens is 433 g/mol. The van der Waals surface area contributed by atoms with Crippen LogP contribution in [0.15, 0.2) is 24.3 Å². The van der Waals surface area contributed by atoms with E-state index in [1.165, 1.54) is 17.0 Å². The number of benzene rings is 1. The number of likely N-dealkylation sites (tertiary alicyclic amines) is 1. The molecule has 1 aromatic carbocycles. The lowest BCUT2D eigenvalue weighted by molar-refractivity contribution is -0.137. The van der Waals surface area contributed by atoms with Gasteiger partial charge in [0.25, 0.3) is 5.91 Å². The van der Waals surface area contributed by atoms with E-state index in [1.807, 2.05) is 4.90 Å². The molecule has 1 aromatic rings. The molecule has 0 radical (unpaired) electrons. The third kappa shape index (κ3) is 3.62. The number of piperidine rings is 1. The first-order valence-corrected chi connectivity index (χ1v) is 12.6. The summed E-state index contributed by atoms with van der Waals surface area (Å²) in [5.41, 5.74) is -0.243. The lowest BCUT2D eigenvalue weighted by Crippen LogP contribution is -2.58. The van der Waals surface area contributed by atoms with Crippen LogP contribution in [0.3, 0.4) is 0 Å². The number of carbonyl (C=O) groups excluding carboxylic acids is 3. The summed E-state index contributed by atoms with van der Waals surface area (Å²) in [5.74, 6) is 0.0592. The summed E-state index contributed by atoms with van der Waals surface area (Å²) in [4.78, 5) is 43.3. The lowest BCUT2D eigenvalue weighted by Gasteiger charge is -2.41. The highest BCUT2D eigenvalue weighted by molar-refractivity contribution is 6.07. The molecule has 4 fully saturated rings. The van der Waals surface area contributed by atoms with Crippen LogP contribution in [0.1, 0.15) is 58.9 Å². The van der Waals surface area contributed by atoms with Crippen LogP contribution in [0.4, 0.5) is 9.18 Å². The fourth-order valence-corrected chi connectivity index (χ4v) is 6.42. The maximum atomic E-state index is 13.8. The molecule has 4 amide bonds. The second kappa shape index (κ2) is 7.79. The van der Waals surface area contributed by atoms with Crippen LogP contribution in [0.2, 0.25) is 0 Å². The second-order valence-electron chi connectivity index (χ2n) is 12.0. The van der Waals surface area contributed by atoms with E-state index in [0.717, 1.165) is 18.4 Å². The van der Waals surface area contributed by atoms with E-state index in [-0.39, 0.29) is 46.3 Å². The van der Waals surface area contributed by atoms with Crippen LogP contribution < -0.4 is 5.32 Å². The van der Waals surface area contributed by atoms with Crippen LogP contribution in [-0.2, 0) is 16.0 Å². The van der Waals surface area contributed by atoms with Gasteiger partial charge in [-0.2, -0.15) is 0 Å². The van der Waals surface area contributed by atoms with Crippen molar-refractivity contribution in [2.24, 2.45) is 28.6 Å². The van der Waals surface area contributed by atoms with Gasteiger partial charge in [0.05, 0.1) is 0 Å². The van der Waals surface area contributed by atoms with E-state index in [4.69, 9.17) is 0 Å². The Morgan fingerprint density at radius 3 is 2.12 bits per heavy atom. The molecule has 1 N–H and O–H groups in total. The molecule has 1 atom stereocenters. The molecule has 5 rings (SSSR count). The Labute approximate surface area is 201 Å². The third-order valence-corrected chi connectivity index (χ3v) is 9.51. The van der Waals surface area contributed by atoms with Crippen molar-refractivity contribution in [2.45, 2.75) is 65.3 Å². The standard InChI is InChI=1S/C27H36FN3O3/c1-25(2)21(26(25,3)4)22(32)30-13-11-19(12-14-30)27(15-17-7-9-20(28)10-8-17)23(33)31(24(34)29-27)16-18-5-6-18/h7-10,18-19,21H,5-6,11-16H2,1-4H3,(H,29,34). The number of hydrogen-bond acceptors (Lipinski definition) is 3. The van der Waals surface area contributed by atoms with Crippen LogP contribution in [-0.4, -0.2) is 52.8 Å². The van der Waals surface area contributed by atoms with Crippen molar-refractivity contribution in [2.75, 3.05) is 19.6 Å². The van der Waals surface area contributed by atoms with Gasteiger partial charge in [0.1, 0.15) is 11.4 Å². The highest BCUT2D eigenvalue weighted by Crippen LogP contribution is 2.68. The Morgan fingerprint density at radius 1 is 1.00 bits per heavy atom. The first-order valence-electron chi connectivity index (χ1n) is 12.6. The molecule has 2 aliphatic heterocycles. The van der Waals surface area contributed by atoms with E-state index in [9.17, 15) is 18.8 Å². The fraction of sp³-hybridized carbons (Fsp3) is 0.667. The molecule has 2 heterocycles. The Balaban J connectivity index is 1.35. The Bertz CT molecular complexity index is 994. The summed E-state index contributed by atoms with van der Waals surface area (Å²) in [6, 6.07) is 5.85. The Hall–Kier alpha value is -2.44. The average molecular weight is 470 g/mol. The van der Waals surface area contributed by atoms with Crippen molar-refractivity contribution in [3.8, 4) is 0 Å². The number of halogens is 1. The summed E-state index contributed by atoms with van der Waals surface area (Å²) in [6.45, 7) is 10.3. The summed E-state index contributed by atoms with van der Waals surface area (Å²) in [6.07, 6.45) is 3.75.